The Hall–Kier alpha value is -2.83. The van der Waals surface area contributed by atoms with Crippen molar-refractivity contribution < 1.29 is 14.3 Å². The van der Waals surface area contributed by atoms with E-state index in [-0.39, 0.29) is 18.4 Å². The number of fused-ring (bicyclic) bond motifs is 1. The van der Waals surface area contributed by atoms with Crippen LogP contribution >= 0.6 is 0 Å². The number of hydrogen-bond acceptors (Lipinski definition) is 4. The molecule has 0 fully saturated rings. The van der Waals surface area contributed by atoms with E-state index in [0.717, 1.165) is 18.6 Å². The summed E-state index contributed by atoms with van der Waals surface area (Å²) in [7, 11) is 1.61. The van der Waals surface area contributed by atoms with Crippen LogP contribution < -0.4 is 10.1 Å². The van der Waals surface area contributed by atoms with Gasteiger partial charge in [0.05, 0.1) is 13.1 Å². The second-order valence-electron chi connectivity index (χ2n) is 6.84. The maximum absolute atomic E-state index is 12.3. The Labute approximate surface area is 159 Å². The van der Waals surface area contributed by atoms with Crippen molar-refractivity contribution in [3.8, 4) is 5.75 Å². The fourth-order valence-electron chi connectivity index (χ4n) is 3.29. The molecule has 0 spiro atoms. The Bertz CT molecular complexity index is 789. The van der Waals surface area contributed by atoms with E-state index in [9.17, 15) is 9.59 Å². The number of carbonyl (C=O) groups is 2. The van der Waals surface area contributed by atoms with Gasteiger partial charge in [-0.1, -0.05) is 6.07 Å². The predicted molar refractivity (Wildman–Crippen MR) is 102 cm³/mol. The first-order chi connectivity index (χ1) is 13.0. The molecule has 0 radical (unpaired) electrons. The number of benzene rings is 1. The molecule has 2 aromatic rings. The summed E-state index contributed by atoms with van der Waals surface area (Å²) in [5, 5.41) is 6.85. The molecule has 1 aliphatic rings. The minimum Gasteiger partial charge on any atom is -0.492 e. The van der Waals surface area contributed by atoms with Crippen LogP contribution in [0, 0.1) is 0 Å². The molecule has 1 aromatic heterocycles. The number of nitrogens with one attached hydrogen (secondary N) is 1. The topological polar surface area (TPSA) is 76.5 Å². The number of carbonyl (C=O) groups excluding carboxylic acids is 2. The molecule has 1 atom stereocenters. The number of nitrogens with zero attached hydrogens (tertiary/aromatic N) is 3. The van der Waals surface area contributed by atoms with Crippen LogP contribution in [0.1, 0.15) is 30.5 Å². The molecule has 7 nitrogen and oxygen atoms in total. The van der Waals surface area contributed by atoms with Gasteiger partial charge in [0, 0.05) is 19.4 Å². The van der Waals surface area contributed by atoms with Crippen LogP contribution in [0.25, 0.3) is 0 Å². The molecule has 1 aromatic carbocycles. The van der Waals surface area contributed by atoms with Crippen molar-refractivity contribution in [2.24, 2.45) is 0 Å². The molecule has 0 bridgehead atoms. The molecule has 27 heavy (non-hydrogen) atoms. The normalized spacial score (nSPS) is 13.7. The van der Waals surface area contributed by atoms with Crippen LogP contribution in [-0.4, -0.2) is 53.2 Å². The van der Waals surface area contributed by atoms with Gasteiger partial charge in [-0.15, -0.1) is 0 Å². The third-order valence-corrected chi connectivity index (χ3v) is 4.80. The number of hydrogen-bond donors (Lipinski definition) is 1. The second-order valence-corrected chi connectivity index (χ2v) is 6.84. The SMILES string of the molecule is CC(C(=O)N(C)CC(=O)NCCOc1ccc2c(c1)CCC2)n1cccn1. The summed E-state index contributed by atoms with van der Waals surface area (Å²) in [6.45, 7) is 2.55. The summed E-state index contributed by atoms with van der Waals surface area (Å²) < 4.78 is 7.29. The van der Waals surface area contributed by atoms with Gasteiger partial charge in [-0.3, -0.25) is 14.3 Å². The molecule has 0 saturated carbocycles. The molecular formula is C20H26N4O3. The zero-order chi connectivity index (χ0) is 19.2. The molecule has 0 aliphatic heterocycles. The molecule has 1 N–H and O–H groups in total. The second kappa shape index (κ2) is 8.70. The van der Waals surface area contributed by atoms with Gasteiger partial charge in [-0.05, 0) is 55.5 Å². The quantitative estimate of drug-likeness (QED) is 0.716. The van der Waals surface area contributed by atoms with Gasteiger partial charge in [-0.25, -0.2) is 0 Å². The van der Waals surface area contributed by atoms with E-state index >= 15 is 0 Å². The molecule has 3 rings (SSSR count). The fourth-order valence-corrected chi connectivity index (χ4v) is 3.29. The third kappa shape index (κ3) is 4.87. The maximum atomic E-state index is 12.3. The first-order valence-electron chi connectivity index (χ1n) is 9.30. The van der Waals surface area contributed by atoms with Gasteiger partial charge in [-0.2, -0.15) is 5.10 Å². The number of rotatable bonds is 8. The fraction of sp³-hybridized carbons (Fsp3) is 0.450. The van der Waals surface area contributed by atoms with Crippen molar-refractivity contribution in [1.82, 2.24) is 20.0 Å². The van der Waals surface area contributed by atoms with Gasteiger partial charge in [0.25, 0.3) is 0 Å². The molecule has 0 saturated heterocycles. The highest BCUT2D eigenvalue weighted by molar-refractivity contribution is 5.86. The van der Waals surface area contributed by atoms with Crippen molar-refractivity contribution >= 4 is 11.8 Å². The number of amides is 2. The van der Waals surface area contributed by atoms with E-state index in [1.54, 1.807) is 37.1 Å². The molecule has 7 heteroatoms. The van der Waals surface area contributed by atoms with E-state index in [2.05, 4.69) is 22.5 Å². The van der Waals surface area contributed by atoms with Crippen molar-refractivity contribution in [1.29, 1.82) is 0 Å². The van der Waals surface area contributed by atoms with Crippen LogP contribution in [0.3, 0.4) is 0 Å². The van der Waals surface area contributed by atoms with Crippen LogP contribution in [0.15, 0.2) is 36.7 Å². The lowest BCUT2D eigenvalue weighted by molar-refractivity contribution is -0.137. The first-order valence-corrected chi connectivity index (χ1v) is 9.30. The molecule has 1 aliphatic carbocycles. The van der Waals surface area contributed by atoms with Crippen LogP contribution in [0.4, 0.5) is 0 Å². The minimum absolute atomic E-state index is 0.00326. The summed E-state index contributed by atoms with van der Waals surface area (Å²) in [5.41, 5.74) is 2.77. The Balaban J connectivity index is 1.37. The van der Waals surface area contributed by atoms with E-state index < -0.39 is 6.04 Å². The zero-order valence-corrected chi connectivity index (χ0v) is 15.9. The lowest BCUT2D eigenvalue weighted by Gasteiger charge is -2.21. The molecule has 2 amide bonds. The average molecular weight is 370 g/mol. The zero-order valence-electron chi connectivity index (χ0n) is 15.9. The van der Waals surface area contributed by atoms with E-state index in [1.165, 1.54) is 22.4 Å². The van der Waals surface area contributed by atoms with E-state index in [4.69, 9.17) is 4.74 Å². The standard InChI is InChI=1S/C20H26N4O3/c1-15(24-11-4-9-22-24)20(26)23(2)14-19(25)21-10-12-27-18-8-7-16-5-3-6-17(16)13-18/h4,7-9,11,13,15H,3,5-6,10,12,14H2,1-2H3,(H,21,25). The highest BCUT2D eigenvalue weighted by Gasteiger charge is 2.21. The highest BCUT2D eigenvalue weighted by atomic mass is 16.5. The monoisotopic (exact) mass is 370 g/mol. The smallest absolute Gasteiger partial charge is 0.247 e. The maximum Gasteiger partial charge on any atom is 0.247 e. The summed E-state index contributed by atoms with van der Waals surface area (Å²) >= 11 is 0. The third-order valence-electron chi connectivity index (χ3n) is 4.80. The predicted octanol–water partition coefficient (Wildman–Crippen LogP) is 1.59. The lowest BCUT2D eigenvalue weighted by atomic mass is 10.1. The van der Waals surface area contributed by atoms with Crippen LogP contribution in [0.5, 0.6) is 5.75 Å². The molecule has 1 unspecified atom stereocenters. The van der Waals surface area contributed by atoms with Crippen molar-refractivity contribution in [2.75, 3.05) is 26.7 Å². The summed E-state index contributed by atoms with van der Waals surface area (Å²) in [6, 6.07) is 7.51. The molecule has 144 valence electrons. The number of ether oxygens (including phenoxy) is 1. The number of likely N-dealkylation sites (N-methyl/N-ethyl adjacent to an activating group) is 1. The van der Waals surface area contributed by atoms with Crippen molar-refractivity contribution in [3.63, 3.8) is 0 Å². The highest BCUT2D eigenvalue weighted by Crippen LogP contribution is 2.25. The Kier molecular flexibility index (Phi) is 6.11. The summed E-state index contributed by atoms with van der Waals surface area (Å²) in [4.78, 5) is 25.8. The number of aromatic nitrogens is 2. The minimum atomic E-state index is -0.444. The van der Waals surface area contributed by atoms with E-state index in [1.807, 2.05) is 6.07 Å². The van der Waals surface area contributed by atoms with Gasteiger partial charge in [0.2, 0.25) is 11.8 Å². The number of aryl methyl sites for hydroxylation is 2. The average Bonchev–Trinajstić information content (AvgIpc) is 3.35. The van der Waals surface area contributed by atoms with Gasteiger partial charge < -0.3 is 15.0 Å². The van der Waals surface area contributed by atoms with Crippen LogP contribution in [0.2, 0.25) is 0 Å². The van der Waals surface area contributed by atoms with Gasteiger partial charge in [0.1, 0.15) is 18.4 Å². The summed E-state index contributed by atoms with van der Waals surface area (Å²) in [6.07, 6.45) is 6.82. The van der Waals surface area contributed by atoms with Crippen molar-refractivity contribution in [2.45, 2.75) is 32.2 Å². The van der Waals surface area contributed by atoms with Gasteiger partial charge in [0.15, 0.2) is 0 Å². The lowest BCUT2D eigenvalue weighted by Crippen LogP contribution is -2.42. The molecular weight excluding hydrogens is 344 g/mol. The molecule has 1 heterocycles. The van der Waals surface area contributed by atoms with Crippen LogP contribution in [-0.2, 0) is 22.4 Å². The first kappa shape index (κ1) is 18.9. The van der Waals surface area contributed by atoms with Gasteiger partial charge >= 0.3 is 0 Å². The Morgan fingerprint density at radius 2 is 2.15 bits per heavy atom. The van der Waals surface area contributed by atoms with E-state index in [0.29, 0.717) is 13.2 Å². The Morgan fingerprint density at radius 1 is 1.33 bits per heavy atom. The largest absolute Gasteiger partial charge is 0.492 e. The summed E-state index contributed by atoms with van der Waals surface area (Å²) in [5.74, 6) is 0.463. The van der Waals surface area contributed by atoms with Crippen molar-refractivity contribution in [3.05, 3.63) is 47.8 Å². The Morgan fingerprint density at radius 3 is 2.93 bits per heavy atom.